The average Bonchev–Trinajstić information content (AvgIpc) is 3.71. The first kappa shape index (κ1) is 38.9. The number of fused-ring (bicyclic) bond motifs is 2. The molecule has 2 N–H and O–H groups in total. The number of carbonyl (C=O) groups excluding carboxylic acids is 1. The van der Waals surface area contributed by atoms with Crippen LogP contribution in [-0.4, -0.2) is 64.0 Å². The van der Waals surface area contributed by atoms with E-state index in [1.165, 1.54) is 29.7 Å². The number of aromatic nitrogens is 3. The van der Waals surface area contributed by atoms with Gasteiger partial charge in [-0.1, -0.05) is 24.3 Å². The van der Waals surface area contributed by atoms with E-state index in [9.17, 15) is 22.4 Å². The Morgan fingerprint density at radius 3 is 2.60 bits per heavy atom. The number of imidazole rings is 1. The Bertz CT molecular complexity index is 2190. The minimum atomic E-state index is -4.45. The molecule has 0 spiro atoms. The van der Waals surface area contributed by atoms with Gasteiger partial charge in [0, 0.05) is 62.8 Å². The third kappa shape index (κ3) is 9.83. The Hall–Kier alpha value is -5.85. The molecule has 1 atom stereocenters. The number of hydrazone groups is 1. The number of rotatable bonds is 8. The van der Waals surface area contributed by atoms with Crippen molar-refractivity contribution in [1.29, 1.82) is 5.26 Å². The third-order valence-electron chi connectivity index (χ3n) is 9.41. The van der Waals surface area contributed by atoms with Gasteiger partial charge < -0.3 is 19.4 Å². The van der Waals surface area contributed by atoms with Crippen LogP contribution in [0.3, 0.4) is 0 Å². The molecule has 3 aliphatic heterocycles. The second kappa shape index (κ2) is 17.5. The summed E-state index contributed by atoms with van der Waals surface area (Å²) in [6.45, 7) is 6.67. The van der Waals surface area contributed by atoms with Crippen LogP contribution in [0.2, 0.25) is 0 Å². The maximum atomic E-state index is 14.1. The van der Waals surface area contributed by atoms with E-state index < -0.39 is 23.6 Å². The smallest absolute Gasteiger partial charge is 0.431 e. The van der Waals surface area contributed by atoms with Gasteiger partial charge in [0.25, 0.3) is 0 Å². The number of nitrogens with zero attached hydrogens (tertiary/aromatic N) is 6. The van der Waals surface area contributed by atoms with Gasteiger partial charge in [-0.15, -0.1) is 0 Å². The summed E-state index contributed by atoms with van der Waals surface area (Å²) >= 11 is 0. The first-order valence-electron chi connectivity index (χ1n) is 17.7. The molecule has 1 saturated heterocycles. The number of aryl methyl sites for hydroxylation is 2. The van der Waals surface area contributed by atoms with Crippen molar-refractivity contribution in [3.05, 3.63) is 118 Å². The van der Waals surface area contributed by atoms with Gasteiger partial charge in [-0.05, 0) is 73.4 Å². The lowest BCUT2D eigenvalue weighted by Crippen LogP contribution is -2.31. The largest absolute Gasteiger partial charge is 0.473 e. The van der Waals surface area contributed by atoms with Crippen LogP contribution in [0.5, 0.6) is 5.88 Å². The number of nitriles is 1. The number of allylic oxidation sites excluding steroid dienone is 4. The number of benzene rings is 2. The van der Waals surface area contributed by atoms with E-state index in [1.54, 1.807) is 24.3 Å². The zero-order valence-electron chi connectivity index (χ0n) is 30.4. The molecular weight excluding hydrogens is 716 g/mol. The predicted molar refractivity (Wildman–Crippen MR) is 199 cm³/mol. The highest BCUT2D eigenvalue weighted by Gasteiger charge is 2.46. The van der Waals surface area contributed by atoms with Crippen molar-refractivity contribution in [2.24, 2.45) is 18.1 Å². The van der Waals surface area contributed by atoms with Gasteiger partial charge in [0.15, 0.2) is 5.71 Å². The van der Waals surface area contributed by atoms with Crippen LogP contribution in [0.1, 0.15) is 47.5 Å². The van der Waals surface area contributed by atoms with Crippen molar-refractivity contribution in [3.8, 4) is 11.9 Å². The average molecular weight is 757 g/mol. The molecular formula is C40H40F4N8O3. The quantitative estimate of drug-likeness (QED) is 0.152. The molecule has 4 aliphatic rings. The standard InChI is InChI=1S/C28H26FN5O.C9H8F3N3O.C3H6O/c1-19-6-9-26-25(14-19)31-27(33(26)2)17-34-12-10-21(11-13-34)24-4-3-5-28(32-24)35-18-22-8-7-20(16-30)15-23(22)29;10-9(11,12)8-6-3-5(13-4-16)1-2-7(6)14-15-8;1-2-4-3-1/h3-10,14-15H,11-13,17-18H2,1-2H3;1-2,4,6,14H,3H2,(H,13,16);1-3H2. The highest BCUT2D eigenvalue weighted by Crippen LogP contribution is 2.35. The normalized spacial score (nSPS) is 17.6. The number of pyridine rings is 1. The fraction of sp³-hybridized carbons (Fsp3) is 0.325. The molecule has 55 heavy (non-hydrogen) atoms. The molecule has 0 saturated carbocycles. The minimum absolute atomic E-state index is 0.0539. The van der Waals surface area contributed by atoms with Crippen molar-refractivity contribution in [1.82, 2.24) is 30.2 Å². The number of nitrogens with one attached hydrogen (secondary N) is 2. The Morgan fingerprint density at radius 1 is 1.13 bits per heavy atom. The summed E-state index contributed by atoms with van der Waals surface area (Å²) < 4.78 is 64.4. The van der Waals surface area contributed by atoms with Crippen LogP contribution in [-0.2, 0) is 29.7 Å². The van der Waals surface area contributed by atoms with Crippen LogP contribution in [0, 0.1) is 30.0 Å². The molecule has 1 amide bonds. The lowest BCUT2D eigenvalue weighted by atomic mass is 9.91. The molecule has 11 nitrogen and oxygen atoms in total. The maximum absolute atomic E-state index is 14.1. The van der Waals surface area contributed by atoms with E-state index in [0.29, 0.717) is 29.2 Å². The van der Waals surface area contributed by atoms with Crippen molar-refractivity contribution in [2.45, 2.75) is 45.5 Å². The summed E-state index contributed by atoms with van der Waals surface area (Å²) in [5, 5.41) is 14.5. The summed E-state index contributed by atoms with van der Waals surface area (Å²) in [4.78, 5) is 22.1. The Labute approximate surface area is 315 Å². The number of carbonyl (C=O) groups is 1. The van der Waals surface area contributed by atoms with E-state index in [4.69, 9.17) is 19.7 Å². The van der Waals surface area contributed by atoms with Crippen LogP contribution in [0.15, 0.2) is 89.3 Å². The van der Waals surface area contributed by atoms with Gasteiger partial charge in [-0.25, -0.2) is 14.4 Å². The topological polar surface area (TPSA) is 130 Å². The highest BCUT2D eigenvalue weighted by atomic mass is 19.4. The second-order valence-corrected chi connectivity index (χ2v) is 13.3. The monoisotopic (exact) mass is 756 g/mol. The lowest BCUT2D eigenvalue weighted by molar-refractivity contribution is -0.109. The fourth-order valence-electron chi connectivity index (χ4n) is 6.20. The Kier molecular flexibility index (Phi) is 12.4. The minimum Gasteiger partial charge on any atom is -0.473 e. The van der Waals surface area contributed by atoms with Crippen molar-refractivity contribution < 1.29 is 31.8 Å². The van der Waals surface area contributed by atoms with Gasteiger partial charge in [-0.3, -0.25) is 15.1 Å². The van der Waals surface area contributed by atoms with Gasteiger partial charge >= 0.3 is 6.18 Å². The number of hydrogen-bond acceptors (Lipinski definition) is 9. The molecule has 8 rings (SSSR count). The number of ether oxygens (including phenoxy) is 2. The SMILES string of the molecule is C1COC1.Cc1ccc2c(c1)nc(CN1CC=C(c3cccc(OCc4ccc(C#N)cc4F)n3)CC1)n2C.O=CNC1=CC=C2NN=C(C(F)(F)F)C2C1. The third-order valence-corrected chi connectivity index (χ3v) is 9.41. The Balaban J connectivity index is 0.000000211. The Morgan fingerprint density at radius 2 is 1.93 bits per heavy atom. The van der Waals surface area contributed by atoms with E-state index in [-0.39, 0.29) is 18.6 Å². The van der Waals surface area contributed by atoms with Crippen molar-refractivity contribution >= 4 is 28.7 Å². The molecule has 286 valence electrons. The number of amides is 1. The fourth-order valence-corrected chi connectivity index (χ4v) is 6.20. The highest BCUT2D eigenvalue weighted by molar-refractivity contribution is 5.96. The molecule has 1 aliphatic carbocycles. The first-order chi connectivity index (χ1) is 26.5. The molecule has 5 heterocycles. The van der Waals surface area contributed by atoms with Gasteiger partial charge in [-0.2, -0.15) is 23.5 Å². The van der Waals surface area contributed by atoms with Crippen LogP contribution >= 0.6 is 0 Å². The molecule has 4 aromatic rings. The van der Waals surface area contributed by atoms with Crippen LogP contribution in [0.25, 0.3) is 16.6 Å². The first-order valence-corrected chi connectivity index (χ1v) is 17.7. The lowest BCUT2D eigenvalue weighted by Gasteiger charge is -2.25. The van der Waals surface area contributed by atoms with E-state index in [0.717, 1.165) is 61.8 Å². The number of alkyl halides is 3. The van der Waals surface area contributed by atoms with Crippen molar-refractivity contribution in [2.75, 3.05) is 26.3 Å². The van der Waals surface area contributed by atoms with Gasteiger partial charge in [0.1, 0.15) is 18.2 Å². The summed E-state index contributed by atoms with van der Waals surface area (Å²) in [5.41, 5.74) is 8.49. The molecule has 1 unspecified atom stereocenters. The van der Waals surface area contributed by atoms with Gasteiger partial charge in [0.2, 0.25) is 12.3 Å². The number of hydrogen-bond donors (Lipinski definition) is 2. The van der Waals surface area contributed by atoms with Crippen LogP contribution in [0.4, 0.5) is 17.6 Å². The van der Waals surface area contributed by atoms with Gasteiger partial charge in [0.05, 0.1) is 40.8 Å². The molecule has 0 radical (unpaired) electrons. The van der Waals surface area contributed by atoms with E-state index in [2.05, 4.69) is 68.5 Å². The second-order valence-electron chi connectivity index (χ2n) is 13.3. The van der Waals surface area contributed by atoms with Crippen molar-refractivity contribution in [3.63, 3.8) is 0 Å². The number of halogens is 4. The zero-order chi connectivity index (χ0) is 39.0. The predicted octanol–water partition coefficient (Wildman–Crippen LogP) is 6.60. The summed E-state index contributed by atoms with van der Waals surface area (Å²) in [7, 11) is 2.07. The molecule has 15 heteroatoms. The maximum Gasteiger partial charge on any atom is 0.431 e. The summed E-state index contributed by atoms with van der Waals surface area (Å²) in [5.74, 6) is 0.217. The summed E-state index contributed by atoms with van der Waals surface area (Å²) in [6.07, 6.45) is 3.50. The van der Waals surface area contributed by atoms with E-state index >= 15 is 0 Å². The molecule has 1 fully saturated rings. The summed E-state index contributed by atoms with van der Waals surface area (Å²) in [6, 6.07) is 18.3. The molecule has 2 aromatic heterocycles. The van der Waals surface area contributed by atoms with Crippen LogP contribution < -0.4 is 15.5 Å². The molecule has 2 aromatic carbocycles. The van der Waals surface area contributed by atoms with E-state index in [1.807, 2.05) is 18.2 Å². The molecule has 0 bridgehead atoms. The zero-order valence-corrected chi connectivity index (χ0v) is 30.4.